The molecule has 0 bridgehead atoms. The second-order valence-corrected chi connectivity index (χ2v) is 8.55. The molecular formula is C27H16ClF2N3O4. The van der Waals surface area contributed by atoms with Gasteiger partial charge in [-0.15, -0.1) is 0 Å². The number of nitro benzene ring substituents is 1. The van der Waals surface area contributed by atoms with E-state index >= 15 is 0 Å². The van der Waals surface area contributed by atoms with Crippen molar-refractivity contribution < 1.29 is 23.2 Å². The van der Waals surface area contributed by atoms with Crippen molar-refractivity contribution in [3.8, 4) is 17.2 Å². The second kappa shape index (κ2) is 9.79. The van der Waals surface area contributed by atoms with E-state index in [1.54, 1.807) is 24.3 Å². The molecule has 0 saturated carbocycles. The first-order valence-corrected chi connectivity index (χ1v) is 11.3. The highest BCUT2D eigenvalue weighted by Crippen LogP contribution is 2.34. The molecule has 7 nitrogen and oxygen atoms in total. The lowest BCUT2D eigenvalue weighted by Gasteiger charge is -2.06. The first-order chi connectivity index (χ1) is 17.8. The molecule has 0 atom stereocenters. The Hall–Kier alpha value is -4.63. The molecule has 0 unspecified atom stereocenters. The molecule has 10 heteroatoms. The number of phenols is 1. The SMILES string of the molecule is O=[N+]([O-])c1cc(Cc2ccccc2)cc(C=Nc2ccc3oc(-c4cc(F)c(F)cc4Cl)nc3c2)c1O. The molecule has 0 aliphatic heterocycles. The lowest BCUT2D eigenvalue weighted by atomic mass is 10.0. The Morgan fingerprint density at radius 1 is 1.03 bits per heavy atom. The van der Waals surface area contributed by atoms with Gasteiger partial charge < -0.3 is 9.52 Å². The lowest BCUT2D eigenvalue weighted by molar-refractivity contribution is -0.385. The zero-order valence-corrected chi connectivity index (χ0v) is 19.6. The highest BCUT2D eigenvalue weighted by molar-refractivity contribution is 6.33. The highest BCUT2D eigenvalue weighted by atomic mass is 35.5. The minimum atomic E-state index is -1.09. The van der Waals surface area contributed by atoms with Crippen molar-refractivity contribution in [2.24, 2.45) is 4.99 Å². The summed E-state index contributed by atoms with van der Waals surface area (Å²) in [4.78, 5) is 19.5. The predicted octanol–water partition coefficient (Wildman–Crippen LogP) is 7.38. The van der Waals surface area contributed by atoms with Crippen LogP contribution in [-0.2, 0) is 6.42 Å². The van der Waals surface area contributed by atoms with Crippen molar-refractivity contribution in [2.75, 3.05) is 0 Å². The third-order valence-corrected chi connectivity index (χ3v) is 5.90. The van der Waals surface area contributed by atoms with Gasteiger partial charge >= 0.3 is 5.69 Å². The van der Waals surface area contributed by atoms with Crippen LogP contribution in [0.5, 0.6) is 5.75 Å². The van der Waals surface area contributed by atoms with Crippen LogP contribution in [0.3, 0.4) is 0 Å². The molecular weight excluding hydrogens is 504 g/mol. The standard InChI is InChI=1S/C27H16ClF2N3O4/c28-20-13-22(30)21(29)12-19(20)27-32-23-11-18(6-7-25(23)37-27)31-14-17-9-16(8-15-4-2-1-3-5-15)10-24(26(17)34)33(35)36/h1-7,9-14,34H,8H2. The average Bonchev–Trinajstić information content (AvgIpc) is 3.30. The van der Waals surface area contributed by atoms with Crippen LogP contribution in [0.4, 0.5) is 20.2 Å². The minimum Gasteiger partial charge on any atom is -0.502 e. The molecule has 0 amide bonds. The number of fused-ring (bicyclic) bond motifs is 1. The summed E-state index contributed by atoms with van der Waals surface area (Å²) in [6.07, 6.45) is 1.76. The Labute approximate surface area is 213 Å². The van der Waals surface area contributed by atoms with Gasteiger partial charge in [0.2, 0.25) is 11.6 Å². The molecule has 0 aliphatic carbocycles. The number of benzene rings is 4. The minimum absolute atomic E-state index is 0.00177. The van der Waals surface area contributed by atoms with Crippen molar-refractivity contribution in [3.05, 3.63) is 116 Å². The number of oxazole rings is 1. The molecule has 0 spiro atoms. The molecule has 4 aromatic carbocycles. The third kappa shape index (κ3) is 5.03. The number of aliphatic imine (C=N–C) groups is 1. The average molecular weight is 520 g/mol. The summed E-state index contributed by atoms with van der Waals surface area (Å²) in [5.74, 6) is -2.67. The van der Waals surface area contributed by atoms with E-state index in [2.05, 4.69) is 9.98 Å². The van der Waals surface area contributed by atoms with Crippen LogP contribution < -0.4 is 0 Å². The predicted molar refractivity (Wildman–Crippen MR) is 136 cm³/mol. The molecule has 37 heavy (non-hydrogen) atoms. The first kappa shape index (κ1) is 24.1. The van der Waals surface area contributed by atoms with E-state index in [4.69, 9.17) is 16.0 Å². The molecule has 0 aliphatic rings. The monoisotopic (exact) mass is 519 g/mol. The molecule has 1 N–H and O–H groups in total. The van der Waals surface area contributed by atoms with Crippen LogP contribution in [0.25, 0.3) is 22.6 Å². The van der Waals surface area contributed by atoms with Crippen LogP contribution in [-0.4, -0.2) is 21.2 Å². The van der Waals surface area contributed by atoms with Gasteiger partial charge in [0.05, 0.1) is 21.2 Å². The lowest BCUT2D eigenvalue weighted by Crippen LogP contribution is -1.97. The molecule has 0 radical (unpaired) electrons. The molecule has 184 valence electrons. The summed E-state index contributed by atoms with van der Waals surface area (Å²) in [6, 6.07) is 18.9. The fraction of sp³-hybridized carbons (Fsp3) is 0.0370. The summed E-state index contributed by atoms with van der Waals surface area (Å²) in [5, 5.41) is 21.9. The van der Waals surface area contributed by atoms with Crippen molar-refractivity contribution in [1.82, 2.24) is 4.98 Å². The Morgan fingerprint density at radius 3 is 2.54 bits per heavy atom. The van der Waals surface area contributed by atoms with Crippen molar-refractivity contribution in [3.63, 3.8) is 0 Å². The number of aromatic nitrogens is 1. The number of nitrogens with zero attached hydrogens (tertiary/aromatic N) is 3. The maximum absolute atomic E-state index is 13.7. The van der Waals surface area contributed by atoms with E-state index in [1.807, 2.05) is 30.3 Å². The fourth-order valence-electron chi connectivity index (χ4n) is 3.81. The van der Waals surface area contributed by atoms with Crippen molar-refractivity contribution in [1.29, 1.82) is 0 Å². The Kier molecular flexibility index (Phi) is 6.37. The molecule has 5 rings (SSSR count). The van der Waals surface area contributed by atoms with Gasteiger partial charge in [-0.2, -0.15) is 0 Å². The van der Waals surface area contributed by atoms with Crippen molar-refractivity contribution >= 4 is 40.3 Å². The number of hydrogen-bond acceptors (Lipinski definition) is 6. The van der Waals surface area contributed by atoms with Crippen molar-refractivity contribution in [2.45, 2.75) is 6.42 Å². The van der Waals surface area contributed by atoms with Gasteiger partial charge in [-0.25, -0.2) is 13.8 Å². The number of hydrogen-bond donors (Lipinski definition) is 1. The van der Waals surface area contributed by atoms with E-state index in [1.165, 1.54) is 12.3 Å². The zero-order valence-electron chi connectivity index (χ0n) is 18.9. The molecule has 5 aromatic rings. The topological polar surface area (TPSA) is 102 Å². The van der Waals surface area contributed by atoms with E-state index in [-0.39, 0.29) is 22.0 Å². The molecule has 1 heterocycles. The van der Waals surface area contributed by atoms with Crippen LogP contribution in [0.15, 0.2) is 82.2 Å². The third-order valence-electron chi connectivity index (χ3n) is 5.59. The largest absolute Gasteiger partial charge is 0.502 e. The van der Waals surface area contributed by atoms with Gasteiger partial charge in [-0.05, 0) is 53.9 Å². The molecule has 1 aromatic heterocycles. The number of halogens is 3. The zero-order chi connectivity index (χ0) is 26.1. The Bertz CT molecular complexity index is 1690. The van der Waals surface area contributed by atoms with Gasteiger partial charge in [0, 0.05) is 17.8 Å². The van der Waals surface area contributed by atoms with Gasteiger partial charge in [0.15, 0.2) is 17.2 Å². The van der Waals surface area contributed by atoms with E-state index in [9.17, 15) is 24.0 Å². The van der Waals surface area contributed by atoms with Crippen LogP contribution >= 0.6 is 11.6 Å². The maximum atomic E-state index is 13.7. The normalized spacial score (nSPS) is 11.4. The van der Waals surface area contributed by atoms with E-state index in [0.717, 1.165) is 17.7 Å². The quantitative estimate of drug-likeness (QED) is 0.109. The van der Waals surface area contributed by atoms with Gasteiger partial charge in [0.1, 0.15) is 5.52 Å². The molecule has 0 saturated heterocycles. The van der Waals surface area contributed by atoms with Gasteiger partial charge in [-0.1, -0.05) is 41.9 Å². The summed E-state index contributed by atoms with van der Waals surface area (Å²) in [5.41, 5.74) is 2.59. The summed E-state index contributed by atoms with van der Waals surface area (Å²) < 4.78 is 32.7. The number of rotatable bonds is 6. The van der Waals surface area contributed by atoms with Crippen LogP contribution in [0.2, 0.25) is 5.02 Å². The van der Waals surface area contributed by atoms with Gasteiger partial charge in [-0.3, -0.25) is 15.1 Å². The summed E-state index contributed by atoms with van der Waals surface area (Å²) >= 11 is 6.02. The highest BCUT2D eigenvalue weighted by Gasteiger charge is 2.19. The van der Waals surface area contributed by atoms with Gasteiger partial charge in [0.25, 0.3) is 0 Å². The van der Waals surface area contributed by atoms with Crippen LogP contribution in [0, 0.1) is 21.7 Å². The Balaban J connectivity index is 1.48. The number of aromatic hydroxyl groups is 1. The molecule has 0 fully saturated rings. The summed E-state index contributed by atoms with van der Waals surface area (Å²) in [6.45, 7) is 0. The first-order valence-electron chi connectivity index (χ1n) is 10.9. The van der Waals surface area contributed by atoms with E-state index in [0.29, 0.717) is 28.8 Å². The maximum Gasteiger partial charge on any atom is 0.311 e. The fourth-order valence-corrected chi connectivity index (χ4v) is 4.05. The Morgan fingerprint density at radius 2 is 1.78 bits per heavy atom. The number of phenolic OH excluding ortho intramolecular Hbond substituents is 1. The second-order valence-electron chi connectivity index (χ2n) is 8.15. The van der Waals surface area contributed by atoms with Crippen LogP contribution in [0.1, 0.15) is 16.7 Å². The summed E-state index contributed by atoms with van der Waals surface area (Å²) in [7, 11) is 0. The number of nitro groups is 1. The van der Waals surface area contributed by atoms with E-state index < -0.39 is 28.0 Å². The smallest absolute Gasteiger partial charge is 0.311 e.